The number of nitrogens with zero attached hydrogens (tertiary/aromatic N) is 1. The molecule has 0 bridgehead atoms. The molecule has 2 heteroatoms. The molecule has 0 aliphatic rings. The van der Waals surface area contributed by atoms with Crippen molar-refractivity contribution in [2.45, 2.75) is 60.0 Å². The Morgan fingerprint density at radius 1 is 1.07 bits per heavy atom. The fourth-order valence-corrected chi connectivity index (χ4v) is 1.93. The second kappa shape index (κ2) is 8.12. The smallest absolute Gasteiger partial charge is 0.0195 e. The molecule has 0 heterocycles. The van der Waals surface area contributed by atoms with Gasteiger partial charge in [0.2, 0.25) is 0 Å². The molecule has 0 radical (unpaired) electrons. The van der Waals surface area contributed by atoms with Crippen LogP contribution in [0, 0.1) is 5.92 Å². The summed E-state index contributed by atoms with van der Waals surface area (Å²) >= 11 is 0. The summed E-state index contributed by atoms with van der Waals surface area (Å²) in [6.07, 6.45) is 1.22. The van der Waals surface area contributed by atoms with E-state index in [4.69, 9.17) is 0 Å². The van der Waals surface area contributed by atoms with Crippen LogP contribution in [-0.2, 0) is 0 Å². The Hall–Kier alpha value is -0.0800. The van der Waals surface area contributed by atoms with Gasteiger partial charge in [0.25, 0.3) is 0 Å². The Kier molecular flexibility index (Phi) is 8.07. The van der Waals surface area contributed by atoms with Gasteiger partial charge in [0.05, 0.1) is 0 Å². The van der Waals surface area contributed by atoms with Crippen molar-refractivity contribution in [1.82, 2.24) is 10.2 Å². The lowest BCUT2D eigenvalue weighted by atomic mass is 10.1. The van der Waals surface area contributed by atoms with E-state index in [2.05, 4.69) is 51.8 Å². The van der Waals surface area contributed by atoms with Crippen LogP contribution in [0.4, 0.5) is 0 Å². The first kappa shape index (κ1) is 14.9. The third kappa shape index (κ3) is 6.91. The van der Waals surface area contributed by atoms with Crippen LogP contribution < -0.4 is 5.32 Å². The van der Waals surface area contributed by atoms with Gasteiger partial charge in [0, 0.05) is 25.2 Å². The molecule has 0 saturated heterocycles. The molecular weight excluding hydrogens is 184 g/mol. The molecule has 1 unspecified atom stereocenters. The average molecular weight is 214 g/mol. The summed E-state index contributed by atoms with van der Waals surface area (Å²) in [7, 11) is 0. The molecule has 0 amide bonds. The van der Waals surface area contributed by atoms with Crippen molar-refractivity contribution in [3.63, 3.8) is 0 Å². The molecule has 0 aliphatic heterocycles. The third-order valence-corrected chi connectivity index (χ3v) is 2.67. The highest BCUT2D eigenvalue weighted by atomic mass is 15.2. The summed E-state index contributed by atoms with van der Waals surface area (Å²) < 4.78 is 0. The second-order valence-corrected chi connectivity index (χ2v) is 5.24. The Morgan fingerprint density at radius 2 is 1.67 bits per heavy atom. The van der Waals surface area contributed by atoms with E-state index >= 15 is 0 Å². The molecule has 1 N–H and O–H groups in total. The molecule has 1 atom stereocenters. The van der Waals surface area contributed by atoms with Crippen LogP contribution in [0.25, 0.3) is 0 Å². The zero-order valence-electron chi connectivity index (χ0n) is 11.5. The molecular formula is C13H30N2. The lowest BCUT2D eigenvalue weighted by molar-refractivity contribution is 0.142. The van der Waals surface area contributed by atoms with Crippen molar-refractivity contribution in [2.24, 2.45) is 5.92 Å². The van der Waals surface area contributed by atoms with Crippen molar-refractivity contribution < 1.29 is 0 Å². The van der Waals surface area contributed by atoms with E-state index in [0.717, 1.165) is 19.0 Å². The van der Waals surface area contributed by atoms with E-state index in [1.807, 2.05) is 0 Å². The van der Waals surface area contributed by atoms with Crippen LogP contribution in [0.2, 0.25) is 0 Å². The van der Waals surface area contributed by atoms with Crippen LogP contribution in [0.3, 0.4) is 0 Å². The van der Waals surface area contributed by atoms with Gasteiger partial charge in [-0.2, -0.15) is 0 Å². The zero-order chi connectivity index (χ0) is 11.8. The summed E-state index contributed by atoms with van der Waals surface area (Å²) in [4.78, 5) is 2.59. The van der Waals surface area contributed by atoms with Gasteiger partial charge in [-0.05, 0) is 39.7 Å². The van der Waals surface area contributed by atoms with Gasteiger partial charge in [-0.25, -0.2) is 0 Å². The van der Waals surface area contributed by atoms with Crippen LogP contribution >= 0.6 is 0 Å². The zero-order valence-corrected chi connectivity index (χ0v) is 11.5. The van der Waals surface area contributed by atoms with E-state index in [0.29, 0.717) is 12.1 Å². The molecule has 0 fully saturated rings. The fourth-order valence-electron chi connectivity index (χ4n) is 1.93. The maximum Gasteiger partial charge on any atom is 0.0195 e. The normalized spacial score (nSPS) is 14.2. The molecule has 0 spiro atoms. The number of hydrogen-bond acceptors (Lipinski definition) is 2. The summed E-state index contributed by atoms with van der Waals surface area (Å²) in [5.41, 5.74) is 0. The fraction of sp³-hybridized carbons (Fsp3) is 1.00. The topological polar surface area (TPSA) is 15.3 Å². The van der Waals surface area contributed by atoms with Gasteiger partial charge >= 0.3 is 0 Å². The number of hydrogen-bond donors (Lipinski definition) is 1. The molecule has 0 aromatic heterocycles. The van der Waals surface area contributed by atoms with Gasteiger partial charge in [-0.15, -0.1) is 0 Å². The average Bonchev–Trinajstić information content (AvgIpc) is 2.13. The Balaban J connectivity index is 3.99. The van der Waals surface area contributed by atoms with Gasteiger partial charge in [-0.1, -0.05) is 20.8 Å². The molecule has 0 aliphatic carbocycles. The van der Waals surface area contributed by atoms with E-state index in [1.165, 1.54) is 13.0 Å². The molecule has 0 aromatic rings. The lowest BCUT2D eigenvalue weighted by Crippen LogP contribution is -2.46. The van der Waals surface area contributed by atoms with Gasteiger partial charge in [0.15, 0.2) is 0 Å². The minimum Gasteiger partial charge on any atom is -0.315 e. The lowest BCUT2D eigenvalue weighted by Gasteiger charge is -2.34. The van der Waals surface area contributed by atoms with Crippen molar-refractivity contribution in [3.05, 3.63) is 0 Å². The standard InChI is InChI=1S/C13H30N2/c1-7-8-14-9-13(6)15(12(4)5)10-11(2)3/h11-14H,7-10H2,1-6H3. The second-order valence-electron chi connectivity index (χ2n) is 5.24. The predicted octanol–water partition coefficient (Wildman–Crippen LogP) is 2.74. The summed E-state index contributed by atoms with van der Waals surface area (Å²) in [5.74, 6) is 0.751. The first-order valence-electron chi connectivity index (χ1n) is 6.45. The monoisotopic (exact) mass is 214 g/mol. The van der Waals surface area contributed by atoms with Crippen LogP contribution in [0.5, 0.6) is 0 Å². The highest BCUT2D eigenvalue weighted by molar-refractivity contribution is 4.73. The minimum atomic E-state index is 0.638. The quantitative estimate of drug-likeness (QED) is 0.625. The first-order chi connectivity index (χ1) is 6.99. The Bertz CT molecular complexity index is 143. The van der Waals surface area contributed by atoms with Gasteiger partial charge < -0.3 is 5.32 Å². The number of rotatable bonds is 8. The van der Waals surface area contributed by atoms with Crippen molar-refractivity contribution in [1.29, 1.82) is 0 Å². The summed E-state index contributed by atoms with van der Waals surface area (Å²) in [6.45, 7) is 17.2. The molecule has 0 aromatic carbocycles. The minimum absolute atomic E-state index is 0.638. The molecule has 0 rings (SSSR count). The highest BCUT2D eigenvalue weighted by Gasteiger charge is 2.17. The molecule has 15 heavy (non-hydrogen) atoms. The van der Waals surface area contributed by atoms with E-state index in [9.17, 15) is 0 Å². The maximum atomic E-state index is 3.50. The summed E-state index contributed by atoms with van der Waals surface area (Å²) in [5, 5.41) is 3.50. The van der Waals surface area contributed by atoms with E-state index in [1.54, 1.807) is 0 Å². The Morgan fingerprint density at radius 3 is 2.07 bits per heavy atom. The summed E-state index contributed by atoms with van der Waals surface area (Å²) in [6, 6.07) is 1.28. The SMILES string of the molecule is CCCNCC(C)N(CC(C)C)C(C)C. The largest absolute Gasteiger partial charge is 0.315 e. The van der Waals surface area contributed by atoms with Crippen molar-refractivity contribution in [2.75, 3.05) is 19.6 Å². The molecule has 0 saturated carbocycles. The van der Waals surface area contributed by atoms with Crippen molar-refractivity contribution >= 4 is 0 Å². The highest BCUT2D eigenvalue weighted by Crippen LogP contribution is 2.08. The molecule has 92 valence electrons. The van der Waals surface area contributed by atoms with E-state index in [-0.39, 0.29) is 0 Å². The van der Waals surface area contributed by atoms with Crippen LogP contribution in [0.15, 0.2) is 0 Å². The molecule has 2 nitrogen and oxygen atoms in total. The van der Waals surface area contributed by atoms with E-state index < -0.39 is 0 Å². The predicted molar refractivity (Wildman–Crippen MR) is 69.3 cm³/mol. The Labute approximate surface area is 96.4 Å². The first-order valence-corrected chi connectivity index (χ1v) is 6.45. The van der Waals surface area contributed by atoms with Crippen LogP contribution in [-0.4, -0.2) is 36.6 Å². The van der Waals surface area contributed by atoms with Crippen LogP contribution in [0.1, 0.15) is 48.0 Å². The van der Waals surface area contributed by atoms with Gasteiger partial charge in [-0.3, -0.25) is 4.90 Å². The number of nitrogens with one attached hydrogen (secondary N) is 1. The maximum absolute atomic E-state index is 3.50. The van der Waals surface area contributed by atoms with Gasteiger partial charge in [0.1, 0.15) is 0 Å². The van der Waals surface area contributed by atoms with Crippen molar-refractivity contribution in [3.8, 4) is 0 Å². The third-order valence-electron chi connectivity index (χ3n) is 2.67.